The van der Waals surface area contributed by atoms with E-state index in [1.807, 2.05) is 6.20 Å². The van der Waals surface area contributed by atoms with Crippen LogP contribution in [-0.4, -0.2) is 61.6 Å². The predicted molar refractivity (Wildman–Crippen MR) is 116 cm³/mol. The standard InChI is InChI=1S/C22H29N5OS/c1-16(2)27-20-6-4-3-5-19(20)24-21(27)12-26-10-17-9-25(11-18-7-8-23-29-18)13-22(17,14-26)15-28/h3-8,16-17,28H,9-15H2,1-2H3. The summed E-state index contributed by atoms with van der Waals surface area (Å²) in [5.74, 6) is 1.65. The Bertz CT molecular complexity index is 984. The van der Waals surface area contributed by atoms with Crippen LogP contribution in [0.4, 0.5) is 0 Å². The minimum absolute atomic E-state index is 0.0145. The van der Waals surface area contributed by atoms with Crippen LogP contribution in [0.1, 0.15) is 30.6 Å². The molecule has 7 heteroatoms. The van der Waals surface area contributed by atoms with Gasteiger partial charge in [0, 0.05) is 55.3 Å². The van der Waals surface area contributed by atoms with E-state index in [1.54, 1.807) is 11.5 Å². The summed E-state index contributed by atoms with van der Waals surface area (Å²) < 4.78 is 6.59. The lowest BCUT2D eigenvalue weighted by molar-refractivity contribution is 0.110. The number of para-hydroxylation sites is 2. The molecular weight excluding hydrogens is 382 g/mol. The second-order valence-electron chi connectivity index (χ2n) is 9.02. The van der Waals surface area contributed by atoms with Crippen LogP contribution < -0.4 is 0 Å². The number of imidazole rings is 1. The van der Waals surface area contributed by atoms with Gasteiger partial charge in [-0.15, -0.1) is 0 Å². The van der Waals surface area contributed by atoms with Gasteiger partial charge in [0.2, 0.25) is 0 Å². The molecule has 29 heavy (non-hydrogen) atoms. The summed E-state index contributed by atoms with van der Waals surface area (Å²) in [7, 11) is 0. The third-order valence-electron chi connectivity index (χ3n) is 6.64. The topological polar surface area (TPSA) is 57.4 Å². The number of likely N-dealkylation sites (tertiary alicyclic amines) is 2. The van der Waals surface area contributed by atoms with Gasteiger partial charge in [-0.3, -0.25) is 9.80 Å². The van der Waals surface area contributed by atoms with Gasteiger partial charge in [-0.05, 0) is 49.5 Å². The number of hydrogen-bond donors (Lipinski definition) is 1. The van der Waals surface area contributed by atoms with E-state index < -0.39 is 0 Å². The Hall–Kier alpha value is -1.80. The van der Waals surface area contributed by atoms with Crippen LogP contribution in [0.15, 0.2) is 36.5 Å². The number of aliphatic hydroxyl groups excluding tert-OH is 1. The largest absolute Gasteiger partial charge is 0.396 e. The second kappa shape index (κ2) is 7.47. The molecule has 3 aromatic rings. The Labute approximate surface area is 175 Å². The molecular formula is C22H29N5OS. The van der Waals surface area contributed by atoms with E-state index in [0.29, 0.717) is 12.0 Å². The summed E-state index contributed by atoms with van der Waals surface area (Å²) in [6.07, 6.45) is 1.88. The first-order valence-electron chi connectivity index (χ1n) is 10.5. The lowest BCUT2D eigenvalue weighted by atomic mass is 9.82. The van der Waals surface area contributed by atoms with Gasteiger partial charge in [0.1, 0.15) is 5.82 Å². The highest BCUT2D eigenvalue weighted by atomic mass is 32.1. The third kappa shape index (κ3) is 3.40. The van der Waals surface area contributed by atoms with Crippen molar-refractivity contribution in [1.82, 2.24) is 23.7 Å². The van der Waals surface area contributed by atoms with E-state index in [-0.39, 0.29) is 12.0 Å². The monoisotopic (exact) mass is 411 g/mol. The minimum atomic E-state index is -0.0145. The van der Waals surface area contributed by atoms with Gasteiger partial charge in [-0.2, -0.15) is 0 Å². The van der Waals surface area contributed by atoms with E-state index in [2.05, 4.69) is 62.9 Å². The van der Waals surface area contributed by atoms with E-state index in [0.717, 1.165) is 50.6 Å². The van der Waals surface area contributed by atoms with Crippen LogP contribution in [0.3, 0.4) is 0 Å². The summed E-state index contributed by atoms with van der Waals surface area (Å²) in [6, 6.07) is 10.9. The van der Waals surface area contributed by atoms with Crippen LogP contribution in [0.2, 0.25) is 0 Å². The molecule has 2 unspecified atom stereocenters. The van der Waals surface area contributed by atoms with Crippen molar-refractivity contribution in [1.29, 1.82) is 0 Å². The average molecular weight is 412 g/mol. The molecule has 2 saturated heterocycles. The van der Waals surface area contributed by atoms with Crippen LogP contribution in [0.5, 0.6) is 0 Å². The molecule has 0 spiro atoms. The maximum absolute atomic E-state index is 10.3. The molecule has 5 rings (SSSR count). The molecule has 2 aromatic heterocycles. The van der Waals surface area contributed by atoms with Gasteiger partial charge >= 0.3 is 0 Å². The summed E-state index contributed by atoms with van der Waals surface area (Å²) in [5, 5.41) is 10.3. The van der Waals surface area contributed by atoms with Gasteiger partial charge < -0.3 is 9.67 Å². The van der Waals surface area contributed by atoms with Crippen LogP contribution >= 0.6 is 11.5 Å². The molecule has 0 saturated carbocycles. The van der Waals surface area contributed by atoms with Gasteiger partial charge in [-0.1, -0.05) is 12.1 Å². The molecule has 2 aliphatic heterocycles. The maximum Gasteiger partial charge on any atom is 0.124 e. The second-order valence-corrected chi connectivity index (χ2v) is 9.93. The van der Waals surface area contributed by atoms with Crippen molar-refractivity contribution in [2.45, 2.75) is 33.0 Å². The maximum atomic E-state index is 10.3. The minimum Gasteiger partial charge on any atom is -0.396 e. The predicted octanol–water partition coefficient (Wildman–Crippen LogP) is 3.00. The molecule has 0 amide bonds. The number of hydrogen-bond acceptors (Lipinski definition) is 6. The lowest BCUT2D eigenvalue weighted by Crippen LogP contribution is -2.37. The summed E-state index contributed by atoms with van der Waals surface area (Å²) in [4.78, 5) is 11.3. The molecule has 0 radical (unpaired) electrons. The highest BCUT2D eigenvalue weighted by Crippen LogP contribution is 2.43. The highest BCUT2D eigenvalue weighted by molar-refractivity contribution is 7.05. The van der Waals surface area contributed by atoms with Gasteiger partial charge in [0.25, 0.3) is 0 Å². The van der Waals surface area contributed by atoms with Crippen molar-refractivity contribution >= 4 is 22.6 Å². The molecule has 4 heterocycles. The summed E-state index contributed by atoms with van der Waals surface area (Å²) >= 11 is 1.58. The molecule has 2 aliphatic rings. The number of aromatic nitrogens is 3. The fraction of sp³-hybridized carbons (Fsp3) is 0.545. The number of benzene rings is 1. The van der Waals surface area contributed by atoms with Crippen LogP contribution in [-0.2, 0) is 13.1 Å². The molecule has 1 N–H and O–H groups in total. The fourth-order valence-electron chi connectivity index (χ4n) is 5.39. The Morgan fingerprint density at radius 1 is 1.14 bits per heavy atom. The molecule has 0 bridgehead atoms. The Balaban J connectivity index is 1.33. The van der Waals surface area contributed by atoms with E-state index in [4.69, 9.17) is 4.98 Å². The molecule has 154 valence electrons. The van der Waals surface area contributed by atoms with Crippen molar-refractivity contribution in [2.75, 3.05) is 32.8 Å². The van der Waals surface area contributed by atoms with Crippen molar-refractivity contribution in [3.63, 3.8) is 0 Å². The molecule has 0 aliphatic carbocycles. The normalized spacial score (nSPS) is 25.4. The van der Waals surface area contributed by atoms with Gasteiger partial charge in [0.05, 0.1) is 24.2 Å². The molecule has 2 atom stereocenters. The Morgan fingerprint density at radius 3 is 2.55 bits per heavy atom. The van der Waals surface area contributed by atoms with E-state index >= 15 is 0 Å². The van der Waals surface area contributed by atoms with Crippen LogP contribution in [0, 0.1) is 11.3 Å². The quantitative estimate of drug-likeness (QED) is 0.676. The van der Waals surface area contributed by atoms with Crippen molar-refractivity contribution in [3.05, 3.63) is 47.2 Å². The van der Waals surface area contributed by atoms with Crippen molar-refractivity contribution < 1.29 is 5.11 Å². The van der Waals surface area contributed by atoms with Crippen molar-refractivity contribution in [3.8, 4) is 0 Å². The smallest absolute Gasteiger partial charge is 0.124 e. The number of rotatable bonds is 6. The fourth-order valence-corrected chi connectivity index (χ4v) is 6.01. The molecule has 1 aromatic carbocycles. The van der Waals surface area contributed by atoms with E-state index in [1.165, 1.54) is 10.4 Å². The SMILES string of the molecule is CC(C)n1c(CN2CC3CN(Cc4ccns4)CC3(CO)C2)nc2ccccc21. The molecule has 6 nitrogen and oxygen atoms in total. The third-order valence-corrected chi connectivity index (χ3v) is 7.36. The van der Waals surface area contributed by atoms with E-state index in [9.17, 15) is 5.11 Å². The first kappa shape index (κ1) is 19.2. The average Bonchev–Trinajstić information content (AvgIpc) is 3.43. The Morgan fingerprint density at radius 2 is 1.90 bits per heavy atom. The number of nitrogens with zero attached hydrogens (tertiary/aromatic N) is 5. The zero-order valence-corrected chi connectivity index (χ0v) is 18.0. The molecule has 2 fully saturated rings. The zero-order chi connectivity index (χ0) is 20.0. The summed E-state index contributed by atoms with van der Waals surface area (Å²) in [6.45, 7) is 10.5. The summed E-state index contributed by atoms with van der Waals surface area (Å²) in [5.41, 5.74) is 2.27. The van der Waals surface area contributed by atoms with Crippen molar-refractivity contribution in [2.24, 2.45) is 11.3 Å². The lowest BCUT2D eigenvalue weighted by Gasteiger charge is -2.27. The van der Waals surface area contributed by atoms with Crippen LogP contribution in [0.25, 0.3) is 11.0 Å². The Kier molecular flexibility index (Phi) is 4.94. The number of fused-ring (bicyclic) bond motifs is 2. The zero-order valence-electron chi connectivity index (χ0n) is 17.2. The first-order chi connectivity index (χ1) is 14.1. The van der Waals surface area contributed by atoms with Gasteiger partial charge in [0.15, 0.2) is 0 Å². The highest BCUT2D eigenvalue weighted by Gasteiger charge is 2.52. The first-order valence-corrected chi connectivity index (χ1v) is 11.3. The van der Waals surface area contributed by atoms with Gasteiger partial charge in [-0.25, -0.2) is 9.36 Å². The number of aliphatic hydroxyl groups is 1.